The molecule has 0 radical (unpaired) electrons. The molecule has 0 aliphatic heterocycles. The Morgan fingerprint density at radius 3 is 2.62 bits per heavy atom. The van der Waals surface area contributed by atoms with Crippen LogP contribution in [0, 0.1) is 17.1 Å². The highest BCUT2D eigenvalue weighted by Crippen LogP contribution is 2.43. The minimum absolute atomic E-state index is 0.0469. The quantitative estimate of drug-likeness (QED) is 0.531. The van der Waals surface area contributed by atoms with Crippen LogP contribution in [0.2, 0.25) is 0 Å². The van der Waals surface area contributed by atoms with Gasteiger partial charge in [0.1, 0.15) is 12.1 Å². The second-order valence-electron chi connectivity index (χ2n) is 5.18. The van der Waals surface area contributed by atoms with E-state index < -0.39 is 18.0 Å². The minimum Gasteiger partial charge on any atom is -0.494 e. The summed E-state index contributed by atoms with van der Waals surface area (Å²) in [5, 5.41) is 8.91. The Morgan fingerprint density at radius 2 is 2.04 bits per heavy atom. The molecular formula is C17H15F4N3OS. The third kappa shape index (κ3) is 4.65. The molecule has 4 nitrogen and oxygen atoms in total. The van der Waals surface area contributed by atoms with Crippen LogP contribution in [0.4, 0.5) is 17.6 Å². The van der Waals surface area contributed by atoms with Crippen molar-refractivity contribution < 1.29 is 22.3 Å². The van der Waals surface area contributed by atoms with Gasteiger partial charge in [0.05, 0.1) is 12.7 Å². The number of halogens is 4. The van der Waals surface area contributed by atoms with Crippen molar-refractivity contribution in [2.75, 3.05) is 13.7 Å². The maximum atomic E-state index is 13.8. The van der Waals surface area contributed by atoms with Crippen LogP contribution in [0.25, 0.3) is 0 Å². The van der Waals surface area contributed by atoms with E-state index in [0.717, 1.165) is 34.5 Å². The van der Waals surface area contributed by atoms with Crippen LogP contribution in [-0.2, 0) is 0 Å². The van der Waals surface area contributed by atoms with E-state index in [1.807, 2.05) is 6.07 Å². The van der Waals surface area contributed by atoms with Crippen molar-refractivity contribution in [1.29, 1.82) is 5.26 Å². The van der Waals surface area contributed by atoms with E-state index >= 15 is 0 Å². The number of hydrogen-bond donors (Lipinski definition) is 0. The number of alkyl halides is 3. The molecule has 1 aromatic carbocycles. The van der Waals surface area contributed by atoms with Gasteiger partial charge in [0.15, 0.2) is 11.6 Å². The van der Waals surface area contributed by atoms with Gasteiger partial charge in [-0.2, -0.15) is 18.4 Å². The second kappa shape index (κ2) is 8.38. The molecule has 0 N–H and O–H groups in total. The first kappa shape index (κ1) is 20.0. The van der Waals surface area contributed by atoms with Gasteiger partial charge in [-0.25, -0.2) is 8.70 Å². The topological polar surface area (TPSA) is 49.2 Å². The molecule has 26 heavy (non-hydrogen) atoms. The lowest BCUT2D eigenvalue weighted by Crippen LogP contribution is -2.34. The molecule has 0 fully saturated rings. The zero-order valence-corrected chi connectivity index (χ0v) is 14.7. The summed E-state index contributed by atoms with van der Waals surface area (Å²) in [5.41, 5.74) is 0.104. The monoisotopic (exact) mass is 385 g/mol. The summed E-state index contributed by atoms with van der Waals surface area (Å²) in [4.78, 5) is 4.25. The van der Waals surface area contributed by atoms with Gasteiger partial charge in [-0.15, -0.1) is 0 Å². The molecule has 0 aliphatic carbocycles. The Morgan fingerprint density at radius 1 is 1.31 bits per heavy atom. The average Bonchev–Trinajstić information content (AvgIpc) is 2.61. The molecule has 9 heteroatoms. The van der Waals surface area contributed by atoms with Crippen molar-refractivity contribution in [3.63, 3.8) is 0 Å². The Kier molecular flexibility index (Phi) is 6.45. The van der Waals surface area contributed by atoms with Crippen molar-refractivity contribution in [1.82, 2.24) is 9.29 Å². The number of rotatable bonds is 6. The summed E-state index contributed by atoms with van der Waals surface area (Å²) in [7, 11) is 1.19. The van der Waals surface area contributed by atoms with Gasteiger partial charge in [-0.3, -0.25) is 4.98 Å². The number of nitrogens with zero attached hydrogens (tertiary/aromatic N) is 3. The molecule has 0 bridgehead atoms. The molecule has 1 atom stereocenters. The first-order chi connectivity index (χ1) is 12.3. The summed E-state index contributed by atoms with van der Waals surface area (Å²) < 4.78 is 60.8. The van der Waals surface area contributed by atoms with E-state index in [1.165, 1.54) is 25.6 Å². The van der Waals surface area contributed by atoms with Crippen molar-refractivity contribution in [3.8, 4) is 11.8 Å². The van der Waals surface area contributed by atoms with Crippen molar-refractivity contribution in [2.24, 2.45) is 0 Å². The van der Waals surface area contributed by atoms with E-state index in [-0.39, 0.29) is 23.4 Å². The van der Waals surface area contributed by atoms with Crippen LogP contribution in [0.15, 0.2) is 41.6 Å². The molecule has 0 saturated carbocycles. The first-order valence-corrected chi connectivity index (χ1v) is 8.27. The van der Waals surface area contributed by atoms with Gasteiger partial charge in [0, 0.05) is 23.8 Å². The molecule has 0 aliphatic rings. The van der Waals surface area contributed by atoms with Gasteiger partial charge < -0.3 is 4.74 Å². The average molecular weight is 385 g/mol. The minimum atomic E-state index is -4.61. The van der Waals surface area contributed by atoms with E-state index in [1.54, 1.807) is 6.92 Å². The molecule has 2 aromatic rings. The van der Waals surface area contributed by atoms with Crippen molar-refractivity contribution >= 4 is 11.9 Å². The van der Waals surface area contributed by atoms with E-state index in [2.05, 4.69) is 4.98 Å². The summed E-state index contributed by atoms with van der Waals surface area (Å²) in [6.45, 7) is 1.62. The summed E-state index contributed by atoms with van der Waals surface area (Å²) in [6.07, 6.45) is -1.90. The van der Waals surface area contributed by atoms with Crippen LogP contribution in [0.5, 0.6) is 5.75 Å². The number of methoxy groups -OCH3 is 1. The predicted molar refractivity (Wildman–Crippen MR) is 88.9 cm³/mol. The molecule has 1 unspecified atom stereocenters. The van der Waals surface area contributed by atoms with E-state index in [9.17, 15) is 17.6 Å². The van der Waals surface area contributed by atoms with Gasteiger partial charge in [0.2, 0.25) is 0 Å². The van der Waals surface area contributed by atoms with Gasteiger partial charge in [0.25, 0.3) is 0 Å². The van der Waals surface area contributed by atoms with Crippen LogP contribution in [0.1, 0.15) is 24.1 Å². The fourth-order valence-corrected chi connectivity index (χ4v) is 3.36. The fraction of sp³-hybridized carbons (Fsp3) is 0.294. The number of benzene rings is 1. The number of pyridine rings is 1. The van der Waals surface area contributed by atoms with Crippen LogP contribution < -0.4 is 4.74 Å². The third-order valence-corrected chi connectivity index (χ3v) is 4.60. The molecule has 0 amide bonds. The maximum Gasteiger partial charge on any atom is 0.408 e. The number of aromatic nitrogens is 1. The molecule has 1 heterocycles. The number of ether oxygens (including phenoxy) is 1. The zero-order chi connectivity index (χ0) is 19.3. The molecule has 0 spiro atoms. The predicted octanol–water partition coefficient (Wildman–Crippen LogP) is 4.73. The lowest BCUT2D eigenvalue weighted by molar-refractivity contribution is -0.172. The molecular weight excluding hydrogens is 370 g/mol. The number of hydrogen-bond acceptors (Lipinski definition) is 5. The van der Waals surface area contributed by atoms with Gasteiger partial charge in [-0.05, 0) is 35.7 Å². The third-order valence-electron chi connectivity index (χ3n) is 3.47. The van der Waals surface area contributed by atoms with Crippen LogP contribution >= 0.6 is 11.9 Å². The fourth-order valence-electron chi connectivity index (χ4n) is 2.33. The molecule has 138 valence electrons. The normalized spacial score (nSPS) is 12.7. The van der Waals surface area contributed by atoms with E-state index in [4.69, 9.17) is 10.00 Å². The smallest absolute Gasteiger partial charge is 0.408 e. The van der Waals surface area contributed by atoms with Gasteiger partial charge in [-0.1, -0.05) is 13.0 Å². The summed E-state index contributed by atoms with van der Waals surface area (Å²) in [6, 6.07) is 4.44. The Labute approximate surface area is 152 Å². The highest BCUT2D eigenvalue weighted by molar-refractivity contribution is 7.97. The van der Waals surface area contributed by atoms with Crippen molar-refractivity contribution in [2.45, 2.75) is 24.0 Å². The van der Waals surface area contributed by atoms with Crippen LogP contribution in [0.3, 0.4) is 0 Å². The largest absolute Gasteiger partial charge is 0.494 e. The molecule has 2 rings (SSSR count). The summed E-state index contributed by atoms with van der Waals surface area (Å²) in [5.74, 6) is -0.996. The second-order valence-corrected chi connectivity index (χ2v) is 6.31. The lowest BCUT2D eigenvalue weighted by atomic mass is 10.1. The maximum absolute atomic E-state index is 13.8. The van der Waals surface area contributed by atoms with E-state index in [0.29, 0.717) is 4.90 Å². The Hall–Kier alpha value is -2.31. The van der Waals surface area contributed by atoms with Crippen molar-refractivity contribution in [3.05, 3.63) is 53.6 Å². The molecule has 0 saturated heterocycles. The first-order valence-electron chi connectivity index (χ1n) is 7.50. The highest BCUT2D eigenvalue weighted by atomic mass is 32.2. The molecule has 1 aromatic heterocycles. The Bertz CT molecular complexity index is 807. The zero-order valence-electron chi connectivity index (χ0n) is 13.9. The standard InChI is InChI=1S/C17H15F4N3OS/c1-3-24(26-13-6-11(8-22)9-23-10-13)16(17(19,20)21)12-4-5-14(18)15(7-12)25-2/h4-7,9-10,16H,3H2,1-2H3. The summed E-state index contributed by atoms with van der Waals surface area (Å²) >= 11 is 0.831. The van der Waals surface area contributed by atoms with Gasteiger partial charge >= 0.3 is 6.18 Å². The lowest BCUT2D eigenvalue weighted by Gasteiger charge is -2.31. The van der Waals surface area contributed by atoms with Crippen LogP contribution in [-0.4, -0.2) is 29.1 Å². The SMILES string of the molecule is CCN(Sc1cncc(C#N)c1)C(c1ccc(F)c(OC)c1)C(F)(F)F. The Balaban J connectivity index is 2.42. The highest BCUT2D eigenvalue weighted by Gasteiger charge is 2.45. The number of nitriles is 1.